The molecule has 1 aliphatic rings. The molecule has 150 valence electrons. The average Bonchev–Trinajstić information content (AvgIpc) is 3.31. The zero-order valence-electron chi connectivity index (χ0n) is 15.4. The van der Waals surface area contributed by atoms with Crippen LogP contribution < -0.4 is 5.32 Å². The van der Waals surface area contributed by atoms with E-state index in [-0.39, 0.29) is 24.5 Å². The van der Waals surface area contributed by atoms with Crippen molar-refractivity contribution >= 4 is 33.3 Å². The van der Waals surface area contributed by atoms with Gasteiger partial charge in [-0.1, -0.05) is 22.0 Å². The lowest BCUT2D eigenvalue weighted by atomic mass is 10.0. The van der Waals surface area contributed by atoms with Gasteiger partial charge in [-0.3, -0.25) is 4.98 Å². The van der Waals surface area contributed by atoms with Crippen molar-refractivity contribution in [1.82, 2.24) is 15.2 Å². The van der Waals surface area contributed by atoms with E-state index in [1.165, 1.54) is 6.07 Å². The molecule has 2 aromatic heterocycles. The van der Waals surface area contributed by atoms with E-state index < -0.39 is 0 Å². The first-order valence-corrected chi connectivity index (χ1v) is 10.4. The van der Waals surface area contributed by atoms with Gasteiger partial charge in [0.15, 0.2) is 5.11 Å². The van der Waals surface area contributed by atoms with E-state index in [0.717, 1.165) is 5.69 Å². The van der Waals surface area contributed by atoms with Gasteiger partial charge in [0.2, 0.25) is 0 Å². The first kappa shape index (κ1) is 20.0. The van der Waals surface area contributed by atoms with E-state index >= 15 is 0 Å². The largest absolute Gasteiger partial charge is 0.459 e. The van der Waals surface area contributed by atoms with Crippen LogP contribution in [0.15, 0.2) is 63.6 Å². The van der Waals surface area contributed by atoms with Crippen molar-refractivity contribution < 1.29 is 13.9 Å². The van der Waals surface area contributed by atoms with E-state index in [9.17, 15) is 9.50 Å². The maximum absolute atomic E-state index is 14.4. The molecule has 1 saturated heterocycles. The fourth-order valence-corrected chi connectivity index (χ4v) is 4.21. The number of hydrogen-bond acceptors (Lipinski definition) is 4. The van der Waals surface area contributed by atoms with Gasteiger partial charge < -0.3 is 19.7 Å². The van der Waals surface area contributed by atoms with Crippen molar-refractivity contribution in [1.29, 1.82) is 0 Å². The summed E-state index contributed by atoms with van der Waals surface area (Å²) in [5, 5.41) is 13.2. The minimum absolute atomic E-state index is 0.0631. The van der Waals surface area contributed by atoms with Gasteiger partial charge in [0.1, 0.15) is 23.4 Å². The molecule has 0 aliphatic carbocycles. The van der Waals surface area contributed by atoms with Crippen molar-refractivity contribution in [3.05, 3.63) is 76.5 Å². The number of aliphatic hydroxyl groups excluding tert-OH is 1. The van der Waals surface area contributed by atoms with Crippen molar-refractivity contribution in [2.45, 2.75) is 18.5 Å². The highest BCUT2D eigenvalue weighted by Crippen LogP contribution is 2.40. The number of hydrogen-bond donors (Lipinski definition) is 2. The van der Waals surface area contributed by atoms with Crippen LogP contribution >= 0.6 is 28.1 Å². The van der Waals surface area contributed by atoms with E-state index in [1.54, 1.807) is 24.4 Å². The van der Waals surface area contributed by atoms with Crippen LogP contribution in [0.25, 0.3) is 11.3 Å². The number of rotatable bonds is 6. The Labute approximate surface area is 181 Å². The smallest absolute Gasteiger partial charge is 0.170 e. The standard InChI is InChI=1S/C21H19BrFN3O2S/c22-13-5-6-14(15(23)12-13)17-7-8-18(28-17)20-19(16-4-1-2-9-24-16)25-21(29)26(20)10-3-11-27/h1-2,4-9,12,19-20,27H,3,10-11H2,(H,25,29)/t19-,20+/m0/s1. The molecule has 3 heterocycles. The number of thiocarbonyl (C=S) groups is 1. The average molecular weight is 476 g/mol. The molecule has 2 N–H and O–H groups in total. The second-order valence-electron chi connectivity index (χ2n) is 6.72. The molecular formula is C21H19BrFN3O2S. The summed E-state index contributed by atoms with van der Waals surface area (Å²) in [6, 6.07) is 13.7. The number of nitrogens with one attached hydrogen (secondary N) is 1. The third-order valence-electron chi connectivity index (χ3n) is 4.87. The molecular weight excluding hydrogens is 457 g/mol. The Balaban J connectivity index is 1.72. The van der Waals surface area contributed by atoms with Gasteiger partial charge in [-0.2, -0.15) is 0 Å². The highest BCUT2D eigenvalue weighted by atomic mass is 79.9. The maximum atomic E-state index is 14.4. The normalized spacial score (nSPS) is 18.9. The van der Waals surface area contributed by atoms with Gasteiger partial charge in [0.25, 0.3) is 0 Å². The third kappa shape index (κ3) is 4.05. The molecule has 0 amide bonds. The van der Waals surface area contributed by atoms with Crippen molar-refractivity contribution in [2.75, 3.05) is 13.2 Å². The fraction of sp³-hybridized carbons (Fsp3) is 0.238. The zero-order valence-corrected chi connectivity index (χ0v) is 17.8. The molecule has 8 heteroatoms. The molecule has 0 saturated carbocycles. The van der Waals surface area contributed by atoms with Gasteiger partial charge in [-0.15, -0.1) is 0 Å². The lowest BCUT2D eigenvalue weighted by molar-refractivity contribution is 0.232. The number of aliphatic hydroxyl groups is 1. The minimum Gasteiger partial charge on any atom is -0.459 e. The van der Waals surface area contributed by atoms with Crippen LogP contribution in [0, 0.1) is 5.82 Å². The van der Waals surface area contributed by atoms with Crippen LogP contribution in [0.2, 0.25) is 0 Å². The molecule has 29 heavy (non-hydrogen) atoms. The number of halogens is 2. The SMILES string of the molecule is OCCCN1C(=S)N[C@@H](c2ccccn2)[C@H]1c1ccc(-c2ccc(Br)cc2F)o1. The van der Waals surface area contributed by atoms with E-state index in [2.05, 4.69) is 26.2 Å². The zero-order chi connectivity index (χ0) is 20.4. The van der Waals surface area contributed by atoms with E-state index in [0.29, 0.717) is 39.6 Å². The quantitative estimate of drug-likeness (QED) is 0.508. The Kier molecular flexibility index (Phi) is 5.94. The molecule has 0 bridgehead atoms. The Morgan fingerprint density at radius 3 is 2.83 bits per heavy atom. The summed E-state index contributed by atoms with van der Waals surface area (Å²) in [4.78, 5) is 6.46. The van der Waals surface area contributed by atoms with Crippen LogP contribution in [0.3, 0.4) is 0 Å². The van der Waals surface area contributed by atoms with E-state index in [1.807, 2.05) is 29.2 Å². The number of nitrogens with zero attached hydrogens (tertiary/aromatic N) is 2. The summed E-state index contributed by atoms with van der Waals surface area (Å²) in [5.41, 5.74) is 1.23. The summed E-state index contributed by atoms with van der Waals surface area (Å²) < 4.78 is 21.2. The van der Waals surface area contributed by atoms with Crippen LogP contribution in [0.1, 0.15) is 30.0 Å². The van der Waals surface area contributed by atoms with Crippen LogP contribution in [0.5, 0.6) is 0 Å². The Bertz CT molecular complexity index is 1010. The number of pyridine rings is 1. The third-order valence-corrected chi connectivity index (χ3v) is 5.72. The molecule has 4 rings (SSSR count). The summed E-state index contributed by atoms with van der Waals surface area (Å²) in [7, 11) is 0. The minimum atomic E-state index is -0.362. The molecule has 5 nitrogen and oxygen atoms in total. The van der Waals surface area contributed by atoms with Gasteiger partial charge >= 0.3 is 0 Å². The predicted molar refractivity (Wildman–Crippen MR) is 116 cm³/mol. The van der Waals surface area contributed by atoms with Crippen LogP contribution in [-0.2, 0) is 0 Å². The summed E-state index contributed by atoms with van der Waals surface area (Å²) >= 11 is 8.81. The van der Waals surface area contributed by atoms with Crippen LogP contribution in [-0.4, -0.2) is 33.3 Å². The van der Waals surface area contributed by atoms with E-state index in [4.69, 9.17) is 16.6 Å². The fourth-order valence-electron chi connectivity index (χ4n) is 3.54. The first-order valence-electron chi connectivity index (χ1n) is 9.22. The molecule has 0 radical (unpaired) electrons. The summed E-state index contributed by atoms with van der Waals surface area (Å²) in [5.74, 6) is 0.742. The Morgan fingerprint density at radius 1 is 1.24 bits per heavy atom. The molecule has 3 aromatic rings. The Hall–Kier alpha value is -2.29. The van der Waals surface area contributed by atoms with Crippen LogP contribution in [0.4, 0.5) is 4.39 Å². The lowest BCUT2D eigenvalue weighted by Crippen LogP contribution is -2.30. The highest BCUT2D eigenvalue weighted by molar-refractivity contribution is 9.10. The number of furan rings is 1. The summed E-state index contributed by atoms with van der Waals surface area (Å²) in [6.07, 6.45) is 2.31. The number of benzene rings is 1. The molecule has 1 fully saturated rings. The molecule has 1 aliphatic heterocycles. The second-order valence-corrected chi connectivity index (χ2v) is 8.03. The summed E-state index contributed by atoms with van der Waals surface area (Å²) in [6.45, 7) is 0.632. The second kappa shape index (κ2) is 8.61. The number of aromatic nitrogens is 1. The van der Waals surface area contributed by atoms with Gasteiger partial charge in [0.05, 0.1) is 17.3 Å². The molecule has 2 atom stereocenters. The Morgan fingerprint density at radius 2 is 2.10 bits per heavy atom. The van der Waals surface area contributed by atoms with Gasteiger partial charge in [0, 0.05) is 23.8 Å². The predicted octanol–water partition coefficient (Wildman–Crippen LogP) is 4.60. The molecule has 0 unspecified atom stereocenters. The van der Waals surface area contributed by atoms with Gasteiger partial charge in [-0.05, 0) is 61.1 Å². The topological polar surface area (TPSA) is 61.5 Å². The van der Waals surface area contributed by atoms with Crippen molar-refractivity contribution in [3.8, 4) is 11.3 Å². The first-order chi connectivity index (χ1) is 14.1. The van der Waals surface area contributed by atoms with Gasteiger partial charge in [-0.25, -0.2) is 4.39 Å². The van der Waals surface area contributed by atoms with Crippen molar-refractivity contribution in [2.24, 2.45) is 0 Å². The maximum Gasteiger partial charge on any atom is 0.170 e. The lowest BCUT2D eigenvalue weighted by Gasteiger charge is -2.25. The monoisotopic (exact) mass is 475 g/mol. The molecule has 0 spiro atoms. The highest BCUT2D eigenvalue weighted by Gasteiger charge is 2.41. The van der Waals surface area contributed by atoms with Crippen molar-refractivity contribution in [3.63, 3.8) is 0 Å². The molecule has 1 aromatic carbocycles.